The smallest absolute Gasteiger partial charge is 0.243 e. The predicted octanol–water partition coefficient (Wildman–Crippen LogP) is 1.85. The molecule has 0 atom stereocenters. The minimum Gasteiger partial charge on any atom is -0.399 e. The van der Waals surface area contributed by atoms with E-state index < -0.39 is 10.0 Å². The van der Waals surface area contributed by atoms with E-state index in [0.717, 1.165) is 13.0 Å². The van der Waals surface area contributed by atoms with Gasteiger partial charge in [-0.3, -0.25) is 0 Å². The Balaban J connectivity index is 3.08. The minimum atomic E-state index is -3.47. The molecule has 0 aliphatic rings. The zero-order valence-corrected chi connectivity index (χ0v) is 14.5. The lowest BCUT2D eigenvalue weighted by Gasteiger charge is -2.23. The maximum absolute atomic E-state index is 12.9. The zero-order chi connectivity index (χ0) is 16.2. The molecule has 0 saturated heterocycles. The van der Waals surface area contributed by atoms with Crippen molar-refractivity contribution < 1.29 is 8.42 Å². The van der Waals surface area contributed by atoms with Gasteiger partial charge in [0, 0.05) is 18.8 Å². The summed E-state index contributed by atoms with van der Waals surface area (Å²) in [6.07, 6.45) is 0.813. The molecular weight excluding hydrogens is 286 g/mol. The zero-order valence-electron chi connectivity index (χ0n) is 13.7. The van der Waals surface area contributed by atoms with Gasteiger partial charge in [0.25, 0.3) is 0 Å². The van der Waals surface area contributed by atoms with Crippen LogP contribution >= 0.6 is 0 Å². The van der Waals surface area contributed by atoms with Gasteiger partial charge in [-0.25, -0.2) is 8.42 Å². The van der Waals surface area contributed by atoms with Crippen molar-refractivity contribution in [2.75, 3.05) is 39.5 Å². The Kier molecular flexibility index (Phi) is 6.19. The summed E-state index contributed by atoms with van der Waals surface area (Å²) in [6, 6.07) is 3.43. The monoisotopic (exact) mass is 313 g/mol. The van der Waals surface area contributed by atoms with E-state index in [4.69, 9.17) is 5.73 Å². The van der Waals surface area contributed by atoms with Crippen LogP contribution in [0.15, 0.2) is 17.0 Å². The van der Waals surface area contributed by atoms with Crippen LogP contribution < -0.4 is 5.73 Å². The third kappa shape index (κ3) is 4.43. The Morgan fingerprint density at radius 2 is 1.62 bits per heavy atom. The number of hydrogen-bond donors (Lipinski definition) is 1. The van der Waals surface area contributed by atoms with Gasteiger partial charge in [-0.2, -0.15) is 4.31 Å². The van der Waals surface area contributed by atoms with Gasteiger partial charge in [0.05, 0.1) is 4.90 Å². The molecular formula is C15H27N3O2S. The normalized spacial score (nSPS) is 12.3. The van der Waals surface area contributed by atoms with Crippen LogP contribution in [0.2, 0.25) is 0 Å². The molecule has 1 aromatic rings. The highest BCUT2D eigenvalue weighted by Gasteiger charge is 2.26. The molecule has 21 heavy (non-hydrogen) atoms. The molecule has 0 aliphatic heterocycles. The van der Waals surface area contributed by atoms with Crippen molar-refractivity contribution in [1.29, 1.82) is 0 Å². The second-order valence-corrected chi connectivity index (χ2v) is 7.51. The molecule has 0 fully saturated rings. The first-order valence-corrected chi connectivity index (χ1v) is 8.65. The number of rotatable bonds is 7. The molecule has 0 radical (unpaired) electrons. The summed E-state index contributed by atoms with van der Waals surface area (Å²) < 4.78 is 27.3. The molecule has 0 spiro atoms. The molecule has 6 heteroatoms. The van der Waals surface area contributed by atoms with Crippen molar-refractivity contribution >= 4 is 15.7 Å². The minimum absolute atomic E-state index is 0.392. The van der Waals surface area contributed by atoms with Gasteiger partial charge in [0.2, 0.25) is 10.0 Å². The van der Waals surface area contributed by atoms with Crippen LogP contribution in [0, 0.1) is 13.8 Å². The van der Waals surface area contributed by atoms with Crippen LogP contribution in [0.1, 0.15) is 24.5 Å². The van der Waals surface area contributed by atoms with E-state index in [1.807, 2.05) is 21.0 Å². The average Bonchev–Trinajstić information content (AvgIpc) is 2.32. The number of benzene rings is 1. The van der Waals surface area contributed by atoms with Gasteiger partial charge < -0.3 is 10.6 Å². The standard InChI is InChI=1S/C15H27N3O2S/c1-6-18(9-7-8-17(4)5)21(19,20)15-12(2)10-14(16)11-13(15)3/h10-11H,6-9,16H2,1-5H3. The molecule has 0 amide bonds. The molecule has 0 aliphatic carbocycles. The van der Waals surface area contributed by atoms with E-state index >= 15 is 0 Å². The molecule has 1 aromatic carbocycles. The lowest BCUT2D eigenvalue weighted by Crippen LogP contribution is -2.34. The Labute approximate surface area is 128 Å². The largest absolute Gasteiger partial charge is 0.399 e. The summed E-state index contributed by atoms with van der Waals surface area (Å²) in [5, 5.41) is 0. The summed E-state index contributed by atoms with van der Waals surface area (Å²) in [6.45, 7) is 7.33. The Hall–Kier alpha value is -1.11. The summed E-state index contributed by atoms with van der Waals surface area (Å²) in [7, 11) is 0.502. The molecule has 5 nitrogen and oxygen atoms in total. The Morgan fingerprint density at radius 3 is 2.05 bits per heavy atom. The first-order chi connectivity index (χ1) is 9.70. The van der Waals surface area contributed by atoms with Gasteiger partial charge in [-0.05, 0) is 64.2 Å². The topological polar surface area (TPSA) is 66.6 Å². The Morgan fingerprint density at radius 1 is 1.10 bits per heavy atom. The van der Waals surface area contributed by atoms with E-state index in [1.165, 1.54) is 0 Å². The lowest BCUT2D eigenvalue weighted by atomic mass is 10.1. The van der Waals surface area contributed by atoms with Crippen molar-refractivity contribution in [2.45, 2.75) is 32.1 Å². The van der Waals surface area contributed by atoms with E-state index in [-0.39, 0.29) is 0 Å². The van der Waals surface area contributed by atoms with Gasteiger partial charge in [-0.15, -0.1) is 0 Å². The molecule has 0 saturated carbocycles. The fourth-order valence-electron chi connectivity index (χ4n) is 2.53. The lowest BCUT2D eigenvalue weighted by molar-refractivity contribution is 0.356. The molecule has 0 heterocycles. The number of anilines is 1. The van der Waals surface area contributed by atoms with Crippen molar-refractivity contribution in [3.05, 3.63) is 23.3 Å². The van der Waals surface area contributed by atoms with Crippen LogP contribution in [0.5, 0.6) is 0 Å². The fourth-order valence-corrected chi connectivity index (χ4v) is 4.43. The first kappa shape index (κ1) is 17.9. The first-order valence-electron chi connectivity index (χ1n) is 7.21. The molecule has 2 N–H and O–H groups in total. The Bertz CT molecular complexity index is 560. The number of hydrogen-bond acceptors (Lipinski definition) is 4. The van der Waals surface area contributed by atoms with Crippen LogP contribution in [0.3, 0.4) is 0 Å². The van der Waals surface area contributed by atoms with Crippen molar-refractivity contribution in [3.63, 3.8) is 0 Å². The van der Waals surface area contributed by atoms with Crippen LogP contribution in [-0.4, -0.2) is 51.4 Å². The summed E-state index contributed by atoms with van der Waals surface area (Å²) in [4.78, 5) is 2.45. The SMILES string of the molecule is CCN(CCCN(C)C)S(=O)(=O)c1c(C)cc(N)cc1C. The van der Waals surface area contributed by atoms with Crippen LogP contribution in [0.25, 0.3) is 0 Å². The van der Waals surface area contributed by atoms with E-state index in [0.29, 0.717) is 34.8 Å². The van der Waals surface area contributed by atoms with E-state index in [1.54, 1.807) is 30.3 Å². The van der Waals surface area contributed by atoms with Gasteiger partial charge in [0.15, 0.2) is 0 Å². The summed E-state index contributed by atoms with van der Waals surface area (Å²) in [5.74, 6) is 0. The van der Waals surface area contributed by atoms with Gasteiger partial charge >= 0.3 is 0 Å². The number of aryl methyl sites for hydroxylation is 2. The highest BCUT2D eigenvalue weighted by molar-refractivity contribution is 7.89. The molecule has 120 valence electrons. The number of nitrogen functional groups attached to an aromatic ring is 1. The summed E-state index contributed by atoms with van der Waals surface area (Å²) in [5.41, 5.74) is 7.79. The fraction of sp³-hybridized carbons (Fsp3) is 0.600. The average molecular weight is 313 g/mol. The van der Waals surface area contributed by atoms with E-state index in [2.05, 4.69) is 4.90 Å². The quantitative estimate of drug-likeness (QED) is 0.780. The third-order valence-corrected chi connectivity index (χ3v) is 5.73. The van der Waals surface area contributed by atoms with Crippen molar-refractivity contribution in [2.24, 2.45) is 0 Å². The van der Waals surface area contributed by atoms with Gasteiger partial charge in [-0.1, -0.05) is 6.92 Å². The highest BCUT2D eigenvalue weighted by atomic mass is 32.2. The second-order valence-electron chi connectivity index (χ2n) is 5.64. The molecule has 0 unspecified atom stereocenters. The third-order valence-electron chi connectivity index (χ3n) is 3.45. The maximum atomic E-state index is 12.9. The van der Waals surface area contributed by atoms with Crippen LogP contribution in [-0.2, 0) is 10.0 Å². The number of sulfonamides is 1. The van der Waals surface area contributed by atoms with Crippen molar-refractivity contribution in [1.82, 2.24) is 9.21 Å². The highest BCUT2D eigenvalue weighted by Crippen LogP contribution is 2.26. The maximum Gasteiger partial charge on any atom is 0.243 e. The second kappa shape index (κ2) is 7.24. The molecule has 0 bridgehead atoms. The number of nitrogens with two attached hydrogens (primary N) is 1. The van der Waals surface area contributed by atoms with E-state index in [9.17, 15) is 8.42 Å². The van der Waals surface area contributed by atoms with Gasteiger partial charge in [0.1, 0.15) is 0 Å². The summed E-state index contributed by atoms with van der Waals surface area (Å²) >= 11 is 0. The number of nitrogens with zero attached hydrogens (tertiary/aromatic N) is 2. The van der Waals surface area contributed by atoms with Crippen molar-refractivity contribution in [3.8, 4) is 0 Å². The van der Waals surface area contributed by atoms with Crippen LogP contribution in [0.4, 0.5) is 5.69 Å². The predicted molar refractivity (Wildman–Crippen MR) is 87.9 cm³/mol. The molecule has 0 aromatic heterocycles. The molecule has 1 rings (SSSR count).